The van der Waals surface area contributed by atoms with E-state index in [1.54, 1.807) is 7.11 Å². The molecule has 0 aliphatic carbocycles. The number of ether oxygens (including phenoxy) is 1. The van der Waals surface area contributed by atoms with E-state index in [-0.39, 0.29) is 11.9 Å². The number of rotatable bonds is 6. The third-order valence-electron chi connectivity index (χ3n) is 3.98. The molecule has 0 heterocycles. The van der Waals surface area contributed by atoms with Gasteiger partial charge in [-0.2, -0.15) is 0 Å². The lowest BCUT2D eigenvalue weighted by Crippen LogP contribution is -2.35. The number of carbonyl (C=O) groups is 1. The van der Waals surface area contributed by atoms with Crippen molar-refractivity contribution in [2.45, 2.75) is 39.7 Å². The maximum Gasteiger partial charge on any atom is 0.224 e. The predicted molar refractivity (Wildman–Crippen MR) is 93.9 cm³/mol. The van der Waals surface area contributed by atoms with E-state index in [1.807, 2.05) is 44.2 Å². The number of carbonyl (C=O) groups excluding carboxylic acids is 1. The normalized spacial score (nSPS) is 11.8. The fourth-order valence-corrected chi connectivity index (χ4v) is 2.76. The zero-order valence-corrected chi connectivity index (χ0v) is 14.3. The molecule has 3 heteroatoms. The van der Waals surface area contributed by atoms with Gasteiger partial charge in [-0.3, -0.25) is 4.79 Å². The first-order valence-electron chi connectivity index (χ1n) is 7.97. The molecule has 2 aromatic rings. The van der Waals surface area contributed by atoms with Crippen LogP contribution in [0, 0.1) is 13.8 Å². The van der Waals surface area contributed by atoms with Crippen LogP contribution in [0.5, 0.6) is 5.75 Å². The van der Waals surface area contributed by atoms with Crippen LogP contribution in [0.4, 0.5) is 0 Å². The van der Waals surface area contributed by atoms with Crippen LogP contribution >= 0.6 is 0 Å². The Hall–Kier alpha value is -2.29. The van der Waals surface area contributed by atoms with Crippen LogP contribution in [0.15, 0.2) is 42.5 Å². The second-order valence-corrected chi connectivity index (χ2v) is 6.09. The van der Waals surface area contributed by atoms with Crippen LogP contribution < -0.4 is 10.1 Å². The minimum atomic E-state index is 0.0231. The van der Waals surface area contributed by atoms with E-state index in [2.05, 4.69) is 24.4 Å². The van der Waals surface area contributed by atoms with Crippen molar-refractivity contribution in [3.63, 3.8) is 0 Å². The Balaban J connectivity index is 1.97. The van der Waals surface area contributed by atoms with E-state index >= 15 is 0 Å². The number of benzene rings is 2. The summed E-state index contributed by atoms with van der Waals surface area (Å²) in [5, 5.41) is 3.08. The van der Waals surface area contributed by atoms with Gasteiger partial charge in [0.2, 0.25) is 5.91 Å². The molecular weight excluding hydrogens is 286 g/mol. The standard InChI is InChI=1S/C20H25NO2/c1-14-9-10-19(23-4)18(11-14)13-20(22)21-16(3)12-17-8-6-5-7-15(17)2/h5-11,16H,12-13H2,1-4H3,(H,21,22)/t16-/m0/s1. The summed E-state index contributed by atoms with van der Waals surface area (Å²) in [6, 6.07) is 14.3. The average molecular weight is 311 g/mol. The van der Waals surface area contributed by atoms with Crippen LogP contribution in [-0.4, -0.2) is 19.1 Å². The second-order valence-electron chi connectivity index (χ2n) is 6.09. The number of aryl methyl sites for hydroxylation is 2. The first kappa shape index (κ1) is 17.1. The van der Waals surface area contributed by atoms with Crippen molar-refractivity contribution in [1.82, 2.24) is 5.32 Å². The topological polar surface area (TPSA) is 38.3 Å². The molecule has 0 aromatic heterocycles. The largest absolute Gasteiger partial charge is 0.496 e. The SMILES string of the molecule is COc1ccc(C)cc1CC(=O)N[C@@H](C)Cc1ccccc1C. The van der Waals surface area contributed by atoms with Crippen molar-refractivity contribution in [2.75, 3.05) is 7.11 Å². The van der Waals surface area contributed by atoms with E-state index in [4.69, 9.17) is 4.74 Å². The minimum absolute atomic E-state index is 0.0231. The van der Waals surface area contributed by atoms with E-state index < -0.39 is 0 Å². The van der Waals surface area contributed by atoms with Crippen molar-refractivity contribution in [3.8, 4) is 5.75 Å². The van der Waals surface area contributed by atoms with E-state index in [0.29, 0.717) is 6.42 Å². The fraction of sp³-hybridized carbons (Fsp3) is 0.350. The number of hydrogen-bond acceptors (Lipinski definition) is 2. The van der Waals surface area contributed by atoms with Crippen LogP contribution in [0.1, 0.15) is 29.2 Å². The number of hydrogen-bond donors (Lipinski definition) is 1. The van der Waals surface area contributed by atoms with Gasteiger partial charge in [0, 0.05) is 11.6 Å². The fourth-order valence-electron chi connectivity index (χ4n) is 2.76. The zero-order chi connectivity index (χ0) is 16.8. The molecule has 1 amide bonds. The lowest BCUT2D eigenvalue weighted by Gasteiger charge is -2.16. The smallest absolute Gasteiger partial charge is 0.224 e. The van der Waals surface area contributed by atoms with Crippen molar-refractivity contribution in [3.05, 3.63) is 64.7 Å². The molecule has 1 N–H and O–H groups in total. The Morgan fingerprint density at radius 3 is 2.57 bits per heavy atom. The molecule has 0 aliphatic heterocycles. The van der Waals surface area contributed by atoms with Gasteiger partial charge < -0.3 is 10.1 Å². The average Bonchev–Trinajstić information content (AvgIpc) is 2.49. The van der Waals surface area contributed by atoms with Crippen molar-refractivity contribution in [1.29, 1.82) is 0 Å². The van der Waals surface area contributed by atoms with Gasteiger partial charge in [-0.1, -0.05) is 42.0 Å². The highest BCUT2D eigenvalue weighted by Gasteiger charge is 2.12. The van der Waals surface area contributed by atoms with Crippen molar-refractivity contribution < 1.29 is 9.53 Å². The maximum absolute atomic E-state index is 12.3. The highest BCUT2D eigenvalue weighted by Crippen LogP contribution is 2.20. The lowest BCUT2D eigenvalue weighted by molar-refractivity contribution is -0.121. The van der Waals surface area contributed by atoms with Gasteiger partial charge in [-0.05, 0) is 44.4 Å². The maximum atomic E-state index is 12.3. The van der Waals surface area contributed by atoms with E-state index in [0.717, 1.165) is 23.3 Å². The summed E-state index contributed by atoms with van der Waals surface area (Å²) in [4.78, 5) is 12.3. The molecule has 0 aliphatic rings. The summed E-state index contributed by atoms with van der Waals surface area (Å²) < 4.78 is 5.34. The Kier molecular flexibility index (Phi) is 5.80. The quantitative estimate of drug-likeness (QED) is 0.885. The van der Waals surface area contributed by atoms with Crippen LogP contribution in [-0.2, 0) is 17.6 Å². The molecule has 2 rings (SSSR count). The summed E-state index contributed by atoms with van der Waals surface area (Å²) in [6.07, 6.45) is 1.17. The molecule has 3 nitrogen and oxygen atoms in total. The summed E-state index contributed by atoms with van der Waals surface area (Å²) in [5.74, 6) is 0.785. The van der Waals surface area contributed by atoms with Crippen molar-refractivity contribution >= 4 is 5.91 Å². The summed E-state index contributed by atoms with van der Waals surface area (Å²) in [5.41, 5.74) is 4.58. The number of methoxy groups -OCH3 is 1. The molecule has 2 aromatic carbocycles. The van der Waals surface area contributed by atoms with Crippen LogP contribution in [0.2, 0.25) is 0 Å². The molecular formula is C20H25NO2. The third-order valence-corrected chi connectivity index (χ3v) is 3.98. The molecule has 0 radical (unpaired) electrons. The Morgan fingerprint density at radius 2 is 1.87 bits per heavy atom. The van der Waals surface area contributed by atoms with Gasteiger partial charge in [0.1, 0.15) is 5.75 Å². The summed E-state index contributed by atoms with van der Waals surface area (Å²) in [7, 11) is 1.63. The molecule has 0 saturated carbocycles. The molecule has 0 spiro atoms. The zero-order valence-electron chi connectivity index (χ0n) is 14.3. The van der Waals surface area contributed by atoms with Gasteiger partial charge in [-0.25, -0.2) is 0 Å². The summed E-state index contributed by atoms with van der Waals surface area (Å²) in [6.45, 7) is 6.15. The van der Waals surface area contributed by atoms with Gasteiger partial charge in [0.05, 0.1) is 13.5 Å². The van der Waals surface area contributed by atoms with Crippen LogP contribution in [0.25, 0.3) is 0 Å². The number of amides is 1. The highest BCUT2D eigenvalue weighted by molar-refractivity contribution is 5.79. The third kappa shape index (κ3) is 4.85. The van der Waals surface area contributed by atoms with E-state index in [1.165, 1.54) is 11.1 Å². The second kappa shape index (κ2) is 7.82. The van der Waals surface area contributed by atoms with Gasteiger partial charge in [-0.15, -0.1) is 0 Å². The molecule has 0 unspecified atom stereocenters. The molecule has 122 valence electrons. The molecule has 0 bridgehead atoms. The summed E-state index contributed by atoms with van der Waals surface area (Å²) >= 11 is 0. The lowest BCUT2D eigenvalue weighted by atomic mass is 10.0. The van der Waals surface area contributed by atoms with Crippen LogP contribution in [0.3, 0.4) is 0 Å². The van der Waals surface area contributed by atoms with Gasteiger partial charge in [0.15, 0.2) is 0 Å². The number of nitrogens with one attached hydrogen (secondary N) is 1. The van der Waals surface area contributed by atoms with Crippen molar-refractivity contribution in [2.24, 2.45) is 0 Å². The Labute approximate surface area is 138 Å². The molecule has 23 heavy (non-hydrogen) atoms. The van der Waals surface area contributed by atoms with Gasteiger partial charge >= 0.3 is 0 Å². The predicted octanol–water partition coefficient (Wildman–Crippen LogP) is 3.60. The highest BCUT2D eigenvalue weighted by atomic mass is 16.5. The monoisotopic (exact) mass is 311 g/mol. The Bertz CT molecular complexity index is 679. The van der Waals surface area contributed by atoms with E-state index in [9.17, 15) is 4.79 Å². The molecule has 0 saturated heterocycles. The minimum Gasteiger partial charge on any atom is -0.496 e. The molecule has 1 atom stereocenters. The van der Waals surface area contributed by atoms with Gasteiger partial charge in [0.25, 0.3) is 0 Å². The Morgan fingerprint density at radius 1 is 1.13 bits per heavy atom. The molecule has 0 fully saturated rings. The first-order valence-corrected chi connectivity index (χ1v) is 7.97. The first-order chi connectivity index (χ1) is 11.0.